The van der Waals surface area contributed by atoms with E-state index in [2.05, 4.69) is 10.9 Å². The number of ether oxygens (including phenoxy) is 2. The zero-order valence-corrected chi connectivity index (χ0v) is 13.0. The maximum Gasteiger partial charge on any atom is 0.269 e. The molecule has 2 amide bonds. The largest absolute Gasteiger partial charge is 0.493 e. The van der Waals surface area contributed by atoms with E-state index in [4.69, 9.17) is 9.47 Å². The van der Waals surface area contributed by atoms with Crippen LogP contribution in [0.15, 0.2) is 35.0 Å². The molecule has 0 saturated carbocycles. The number of hydrogen-bond donors (Lipinski definition) is 2. The van der Waals surface area contributed by atoms with Crippen molar-refractivity contribution in [3.63, 3.8) is 0 Å². The Kier molecular flexibility index (Phi) is 5.37. The van der Waals surface area contributed by atoms with Gasteiger partial charge in [-0.05, 0) is 40.6 Å². The normalized spacial score (nSPS) is 9.91. The van der Waals surface area contributed by atoms with Gasteiger partial charge in [0.15, 0.2) is 11.5 Å². The summed E-state index contributed by atoms with van der Waals surface area (Å²) in [4.78, 5) is 23.7. The van der Waals surface area contributed by atoms with Crippen molar-refractivity contribution in [1.82, 2.24) is 10.9 Å². The molecule has 2 N–H and O–H groups in total. The van der Waals surface area contributed by atoms with Crippen LogP contribution in [0.2, 0.25) is 0 Å². The van der Waals surface area contributed by atoms with Crippen molar-refractivity contribution < 1.29 is 19.1 Å². The third-order valence-electron chi connectivity index (χ3n) is 2.91. The van der Waals surface area contributed by atoms with Crippen LogP contribution in [0.3, 0.4) is 0 Å². The summed E-state index contributed by atoms with van der Waals surface area (Å²) in [5.74, 6) is 0.257. The van der Waals surface area contributed by atoms with Gasteiger partial charge in [-0.25, -0.2) is 0 Å². The molecule has 1 heterocycles. The lowest BCUT2D eigenvalue weighted by Gasteiger charge is -2.10. The molecule has 116 valence electrons. The molecule has 0 atom stereocenters. The Morgan fingerprint density at radius 2 is 1.86 bits per heavy atom. The topological polar surface area (TPSA) is 76.7 Å². The highest BCUT2D eigenvalue weighted by Gasteiger charge is 2.11. The summed E-state index contributed by atoms with van der Waals surface area (Å²) < 4.78 is 10.2. The molecule has 7 heteroatoms. The number of carbonyl (C=O) groups is 2. The molecule has 1 aromatic carbocycles. The molecule has 0 spiro atoms. The van der Waals surface area contributed by atoms with Gasteiger partial charge in [-0.15, -0.1) is 0 Å². The van der Waals surface area contributed by atoms with E-state index in [0.717, 1.165) is 5.56 Å². The fourth-order valence-electron chi connectivity index (χ4n) is 1.80. The van der Waals surface area contributed by atoms with Crippen molar-refractivity contribution in [3.05, 3.63) is 46.2 Å². The summed E-state index contributed by atoms with van der Waals surface area (Å²) in [6.07, 6.45) is 0.218. The van der Waals surface area contributed by atoms with Crippen LogP contribution in [0.1, 0.15) is 15.9 Å². The third-order valence-corrected chi connectivity index (χ3v) is 3.64. The van der Waals surface area contributed by atoms with Gasteiger partial charge in [0.1, 0.15) is 0 Å². The summed E-state index contributed by atoms with van der Waals surface area (Å²) in [5, 5.41) is 3.78. The highest BCUT2D eigenvalue weighted by atomic mass is 32.1. The van der Waals surface area contributed by atoms with Gasteiger partial charge in [-0.2, -0.15) is 11.3 Å². The minimum atomic E-state index is -0.431. The zero-order valence-electron chi connectivity index (χ0n) is 12.2. The molecule has 1 aromatic heterocycles. The minimum Gasteiger partial charge on any atom is -0.493 e. The van der Waals surface area contributed by atoms with Crippen LogP contribution in [0.5, 0.6) is 11.5 Å². The maximum absolute atomic E-state index is 12.0. The van der Waals surface area contributed by atoms with Gasteiger partial charge in [0.25, 0.3) is 5.91 Å². The van der Waals surface area contributed by atoms with Crippen LogP contribution in [0, 0.1) is 0 Å². The molecule has 6 nitrogen and oxygen atoms in total. The fourth-order valence-corrected chi connectivity index (χ4v) is 2.47. The highest BCUT2D eigenvalue weighted by molar-refractivity contribution is 7.08. The smallest absolute Gasteiger partial charge is 0.269 e. The van der Waals surface area contributed by atoms with Crippen LogP contribution in [-0.2, 0) is 11.2 Å². The van der Waals surface area contributed by atoms with Gasteiger partial charge in [0, 0.05) is 5.56 Å². The van der Waals surface area contributed by atoms with Gasteiger partial charge >= 0.3 is 0 Å². The second kappa shape index (κ2) is 7.46. The van der Waals surface area contributed by atoms with Gasteiger partial charge in [-0.1, -0.05) is 0 Å². The summed E-state index contributed by atoms with van der Waals surface area (Å²) in [7, 11) is 3.00. The lowest BCUT2D eigenvalue weighted by Crippen LogP contribution is -2.42. The summed E-state index contributed by atoms with van der Waals surface area (Å²) in [5.41, 5.74) is 6.01. The summed E-state index contributed by atoms with van der Waals surface area (Å²) in [6, 6.07) is 6.61. The predicted molar refractivity (Wildman–Crippen MR) is 83.2 cm³/mol. The first kappa shape index (κ1) is 15.8. The van der Waals surface area contributed by atoms with E-state index in [1.54, 1.807) is 18.2 Å². The quantitative estimate of drug-likeness (QED) is 0.823. The van der Waals surface area contributed by atoms with E-state index in [9.17, 15) is 9.59 Å². The fraction of sp³-hybridized carbons (Fsp3) is 0.200. The van der Waals surface area contributed by atoms with E-state index < -0.39 is 5.91 Å². The Hall–Kier alpha value is -2.54. The second-order valence-corrected chi connectivity index (χ2v) is 5.16. The Morgan fingerprint density at radius 1 is 1.09 bits per heavy atom. The maximum atomic E-state index is 12.0. The Bertz CT molecular complexity index is 656. The average molecular weight is 320 g/mol. The van der Waals surface area contributed by atoms with Gasteiger partial charge in [-0.3, -0.25) is 20.4 Å². The first-order valence-electron chi connectivity index (χ1n) is 6.46. The number of rotatable bonds is 5. The lowest BCUT2D eigenvalue weighted by atomic mass is 10.2. The zero-order chi connectivity index (χ0) is 15.9. The molecule has 0 radical (unpaired) electrons. The number of methoxy groups -OCH3 is 2. The van der Waals surface area contributed by atoms with Crippen molar-refractivity contribution in [2.45, 2.75) is 6.42 Å². The van der Waals surface area contributed by atoms with Crippen LogP contribution in [0.25, 0.3) is 0 Å². The number of nitrogens with one attached hydrogen (secondary N) is 2. The molecule has 2 rings (SSSR count). The average Bonchev–Trinajstić information content (AvgIpc) is 3.04. The van der Waals surface area contributed by atoms with E-state index in [1.807, 2.05) is 16.8 Å². The number of thiophene rings is 1. The number of benzene rings is 1. The Balaban J connectivity index is 1.93. The van der Waals surface area contributed by atoms with E-state index >= 15 is 0 Å². The standard InChI is InChI=1S/C15H16N2O4S/c1-20-12-4-3-11(8-13(12)21-2)15(19)17-16-14(18)7-10-5-6-22-9-10/h3-6,8-9H,7H2,1-2H3,(H,16,18)(H,17,19). The Labute approximate surface area is 132 Å². The minimum absolute atomic E-state index is 0.218. The molecule has 0 bridgehead atoms. The first-order chi connectivity index (χ1) is 10.6. The van der Waals surface area contributed by atoms with Crippen LogP contribution >= 0.6 is 11.3 Å². The molecule has 0 unspecified atom stereocenters. The molecular formula is C15H16N2O4S. The summed E-state index contributed by atoms with van der Waals surface area (Å²) in [6.45, 7) is 0. The highest BCUT2D eigenvalue weighted by Crippen LogP contribution is 2.27. The molecule has 0 fully saturated rings. The van der Waals surface area contributed by atoms with Gasteiger partial charge in [0.2, 0.25) is 5.91 Å². The second-order valence-electron chi connectivity index (χ2n) is 4.38. The molecular weight excluding hydrogens is 304 g/mol. The van der Waals surface area contributed by atoms with Crippen molar-refractivity contribution in [2.24, 2.45) is 0 Å². The number of hydrazine groups is 1. The van der Waals surface area contributed by atoms with Crippen LogP contribution in [-0.4, -0.2) is 26.0 Å². The van der Waals surface area contributed by atoms with Crippen molar-refractivity contribution in [2.75, 3.05) is 14.2 Å². The number of carbonyl (C=O) groups excluding carboxylic acids is 2. The van der Waals surface area contributed by atoms with Crippen molar-refractivity contribution in [1.29, 1.82) is 0 Å². The van der Waals surface area contributed by atoms with Crippen LogP contribution in [0.4, 0.5) is 0 Å². The third kappa shape index (κ3) is 3.98. The monoisotopic (exact) mass is 320 g/mol. The first-order valence-corrected chi connectivity index (χ1v) is 7.40. The molecule has 0 aliphatic heterocycles. The molecule has 0 aliphatic carbocycles. The van der Waals surface area contributed by atoms with E-state index in [-0.39, 0.29) is 12.3 Å². The molecule has 2 aromatic rings. The molecule has 22 heavy (non-hydrogen) atoms. The van der Waals surface area contributed by atoms with Crippen molar-refractivity contribution >= 4 is 23.2 Å². The number of hydrogen-bond acceptors (Lipinski definition) is 5. The van der Waals surface area contributed by atoms with Gasteiger partial charge in [0.05, 0.1) is 20.6 Å². The van der Waals surface area contributed by atoms with E-state index in [0.29, 0.717) is 17.1 Å². The SMILES string of the molecule is COc1ccc(C(=O)NNC(=O)Cc2ccsc2)cc1OC. The van der Waals surface area contributed by atoms with E-state index in [1.165, 1.54) is 25.6 Å². The number of amides is 2. The van der Waals surface area contributed by atoms with Crippen LogP contribution < -0.4 is 20.3 Å². The predicted octanol–water partition coefficient (Wildman–Crippen LogP) is 1.77. The Morgan fingerprint density at radius 3 is 2.50 bits per heavy atom. The molecule has 0 saturated heterocycles. The summed E-state index contributed by atoms with van der Waals surface area (Å²) >= 11 is 1.52. The molecule has 0 aliphatic rings. The van der Waals surface area contributed by atoms with Gasteiger partial charge < -0.3 is 9.47 Å². The lowest BCUT2D eigenvalue weighted by molar-refractivity contribution is -0.121. The van der Waals surface area contributed by atoms with Crippen molar-refractivity contribution in [3.8, 4) is 11.5 Å².